The highest BCUT2D eigenvalue weighted by atomic mass is 19.1. The van der Waals surface area contributed by atoms with E-state index in [1.54, 1.807) is 12.1 Å². The molecule has 1 atom stereocenters. The second-order valence-corrected chi connectivity index (χ2v) is 5.39. The standard InChI is InChI=1S/C17H17FN2O2/c1-11-3-2-4-12(7-11)15-6-5-13(8-16(15)18)20-10-14(9-19)22-17(20)21/h2-8,14H,9-10,19H2,1H3/t14-/m0/s1. The SMILES string of the molecule is Cc1cccc(-c2ccc(N3C[C@H](CN)OC3=O)cc2F)c1. The van der Waals surface area contributed by atoms with E-state index in [1.165, 1.54) is 11.0 Å². The number of benzene rings is 2. The van der Waals surface area contributed by atoms with Crippen LogP contribution in [0.1, 0.15) is 5.56 Å². The number of halogens is 1. The molecule has 0 unspecified atom stereocenters. The van der Waals surface area contributed by atoms with Gasteiger partial charge in [-0.15, -0.1) is 0 Å². The molecular weight excluding hydrogens is 283 g/mol. The molecule has 2 aromatic rings. The van der Waals surface area contributed by atoms with Gasteiger partial charge in [-0.25, -0.2) is 9.18 Å². The minimum absolute atomic E-state index is 0.256. The van der Waals surface area contributed by atoms with Gasteiger partial charge in [-0.05, 0) is 30.7 Å². The fourth-order valence-corrected chi connectivity index (χ4v) is 2.57. The summed E-state index contributed by atoms with van der Waals surface area (Å²) in [5.74, 6) is -0.368. The number of anilines is 1. The summed E-state index contributed by atoms with van der Waals surface area (Å²) in [7, 11) is 0. The van der Waals surface area contributed by atoms with Crippen molar-refractivity contribution in [3.8, 4) is 11.1 Å². The van der Waals surface area contributed by atoms with Gasteiger partial charge in [-0.3, -0.25) is 4.90 Å². The number of aryl methyl sites for hydroxylation is 1. The van der Waals surface area contributed by atoms with Crippen LogP contribution in [0.3, 0.4) is 0 Å². The van der Waals surface area contributed by atoms with Crippen LogP contribution in [0.5, 0.6) is 0 Å². The van der Waals surface area contributed by atoms with Gasteiger partial charge in [0.1, 0.15) is 11.9 Å². The highest BCUT2D eigenvalue weighted by Crippen LogP contribution is 2.29. The zero-order chi connectivity index (χ0) is 15.7. The third-order valence-electron chi connectivity index (χ3n) is 3.73. The molecule has 0 aromatic heterocycles. The number of hydrogen-bond acceptors (Lipinski definition) is 3. The summed E-state index contributed by atoms with van der Waals surface area (Å²) in [5.41, 5.74) is 8.37. The molecule has 1 aliphatic rings. The summed E-state index contributed by atoms with van der Waals surface area (Å²) >= 11 is 0. The first-order valence-corrected chi connectivity index (χ1v) is 7.13. The quantitative estimate of drug-likeness (QED) is 0.947. The maximum atomic E-state index is 14.4. The number of hydrogen-bond donors (Lipinski definition) is 1. The highest BCUT2D eigenvalue weighted by Gasteiger charge is 2.31. The van der Waals surface area contributed by atoms with Crippen LogP contribution in [-0.2, 0) is 4.74 Å². The molecule has 3 rings (SSSR count). The Kier molecular flexibility index (Phi) is 3.81. The van der Waals surface area contributed by atoms with Gasteiger partial charge in [0.15, 0.2) is 0 Å². The monoisotopic (exact) mass is 300 g/mol. The molecule has 1 fully saturated rings. The van der Waals surface area contributed by atoms with Crippen molar-refractivity contribution in [1.29, 1.82) is 0 Å². The normalized spacial score (nSPS) is 17.7. The van der Waals surface area contributed by atoms with Crippen molar-refractivity contribution in [1.82, 2.24) is 0 Å². The lowest BCUT2D eigenvalue weighted by Gasteiger charge is -2.14. The van der Waals surface area contributed by atoms with E-state index >= 15 is 0 Å². The van der Waals surface area contributed by atoms with Crippen LogP contribution in [0.25, 0.3) is 11.1 Å². The summed E-state index contributed by atoms with van der Waals surface area (Å²) < 4.78 is 19.5. The fourth-order valence-electron chi connectivity index (χ4n) is 2.57. The lowest BCUT2D eigenvalue weighted by molar-refractivity contribution is 0.145. The first-order valence-electron chi connectivity index (χ1n) is 7.13. The van der Waals surface area contributed by atoms with E-state index < -0.39 is 6.09 Å². The Bertz CT molecular complexity index is 718. The maximum Gasteiger partial charge on any atom is 0.414 e. The second-order valence-electron chi connectivity index (χ2n) is 5.39. The molecule has 5 heteroatoms. The summed E-state index contributed by atoms with van der Waals surface area (Å²) in [4.78, 5) is 13.2. The summed E-state index contributed by atoms with van der Waals surface area (Å²) in [6, 6.07) is 12.4. The number of cyclic esters (lactones) is 1. The molecule has 114 valence electrons. The van der Waals surface area contributed by atoms with E-state index in [9.17, 15) is 9.18 Å². The topological polar surface area (TPSA) is 55.6 Å². The Morgan fingerprint density at radius 3 is 2.77 bits per heavy atom. The van der Waals surface area contributed by atoms with E-state index in [4.69, 9.17) is 10.5 Å². The molecule has 0 bridgehead atoms. The molecule has 0 saturated carbocycles. The van der Waals surface area contributed by atoms with Crippen molar-refractivity contribution in [3.05, 3.63) is 53.8 Å². The van der Waals surface area contributed by atoms with E-state index in [0.717, 1.165) is 11.1 Å². The molecule has 22 heavy (non-hydrogen) atoms. The first kappa shape index (κ1) is 14.5. The molecule has 2 aromatic carbocycles. The van der Waals surface area contributed by atoms with Gasteiger partial charge < -0.3 is 10.5 Å². The van der Waals surface area contributed by atoms with Crippen molar-refractivity contribution < 1.29 is 13.9 Å². The maximum absolute atomic E-state index is 14.4. The van der Waals surface area contributed by atoms with E-state index in [0.29, 0.717) is 17.8 Å². The number of carbonyl (C=O) groups is 1. The van der Waals surface area contributed by atoms with Gasteiger partial charge >= 0.3 is 6.09 Å². The molecule has 2 N–H and O–H groups in total. The van der Waals surface area contributed by atoms with E-state index in [1.807, 2.05) is 31.2 Å². The van der Waals surface area contributed by atoms with Crippen molar-refractivity contribution in [2.75, 3.05) is 18.0 Å². The van der Waals surface area contributed by atoms with Crippen LogP contribution in [0, 0.1) is 12.7 Å². The predicted molar refractivity (Wildman–Crippen MR) is 83.2 cm³/mol. The summed E-state index contributed by atoms with van der Waals surface area (Å²) in [6.07, 6.45) is -0.829. The van der Waals surface area contributed by atoms with Gasteiger partial charge in [0.25, 0.3) is 0 Å². The lowest BCUT2D eigenvalue weighted by Crippen LogP contribution is -2.27. The van der Waals surface area contributed by atoms with Crippen molar-refractivity contribution in [2.45, 2.75) is 13.0 Å². The fraction of sp³-hybridized carbons (Fsp3) is 0.235. The number of nitrogens with zero attached hydrogens (tertiary/aromatic N) is 1. The minimum Gasteiger partial charge on any atom is -0.443 e. The molecule has 1 saturated heterocycles. The number of ether oxygens (including phenoxy) is 1. The third kappa shape index (κ3) is 2.67. The van der Waals surface area contributed by atoms with Gasteiger partial charge in [-0.1, -0.05) is 29.8 Å². The van der Waals surface area contributed by atoms with Crippen molar-refractivity contribution in [2.24, 2.45) is 5.73 Å². The average molecular weight is 300 g/mol. The smallest absolute Gasteiger partial charge is 0.414 e. The number of amides is 1. The minimum atomic E-state index is -0.488. The van der Waals surface area contributed by atoms with Gasteiger partial charge in [0.2, 0.25) is 0 Å². The van der Waals surface area contributed by atoms with Crippen LogP contribution in [0.15, 0.2) is 42.5 Å². The van der Waals surface area contributed by atoms with Crippen molar-refractivity contribution in [3.63, 3.8) is 0 Å². The van der Waals surface area contributed by atoms with Gasteiger partial charge in [0, 0.05) is 12.1 Å². The molecule has 1 aliphatic heterocycles. The van der Waals surface area contributed by atoms with Crippen molar-refractivity contribution >= 4 is 11.8 Å². The average Bonchev–Trinajstić information content (AvgIpc) is 2.88. The lowest BCUT2D eigenvalue weighted by atomic mass is 10.0. The Labute approximate surface area is 128 Å². The van der Waals surface area contributed by atoms with Crippen LogP contribution in [-0.4, -0.2) is 25.3 Å². The third-order valence-corrected chi connectivity index (χ3v) is 3.73. The number of carbonyl (C=O) groups excluding carboxylic acids is 1. The Hall–Kier alpha value is -2.40. The van der Waals surface area contributed by atoms with Crippen LogP contribution < -0.4 is 10.6 Å². The molecule has 0 radical (unpaired) electrons. The molecule has 1 heterocycles. The Balaban J connectivity index is 1.91. The molecule has 0 spiro atoms. The van der Waals surface area contributed by atoms with E-state index in [-0.39, 0.29) is 18.5 Å². The molecule has 1 amide bonds. The van der Waals surface area contributed by atoms with Gasteiger partial charge in [0.05, 0.1) is 12.2 Å². The number of rotatable bonds is 3. The zero-order valence-electron chi connectivity index (χ0n) is 12.3. The molecule has 4 nitrogen and oxygen atoms in total. The number of nitrogens with two attached hydrogens (primary N) is 1. The predicted octanol–water partition coefficient (Wildman–Crippen LogP) is 3.09. The summed E-state index contributed by atoms with van der Waals surface area (Å²) in [5, 5.41) is 0. The van der Waals surface area contributed by atoms with Crippen LogP contribution in [0.4, 0.5) is 14.9 Å². The van der Waals surface area contributed by atoms with E-state index in [2.05, 4.69) is 0 Å². The van der Waals surface area contributed by atoms with Crippen LogP contribution in [0.2, 0.25) is 0 Å². The molecule has 0 aliphatic carbocycles. The van der Waals surface area contributed by atoms with Gasteiger partial charge in [-0.2, -0.15) is 0 Å². The first-order chi connectivity index (χ1) is 10.6. The Morgan fingerprint density at radius 2 is 2.14 bits per heavy atom. The largest absolute Gasteiger partial charge is 0.443 e. The second kappa shape index (κ2) is 5.77. The highest BCUT2D eigenvalue weighted by molar-refractivity contribution is 5.90. The zero-order valence-corrected chi connectivity index (χ0v) is 12.3. The van der Waals surface area contributed by atoms with Crippen LogP contribution >= 0.6 is 0 Å². The Morgan fingerprint density at radius 1 is 1.32 bits per heavy atom. The molecular formula is C17H17FN2O2. The summed E-state index contributed by atoms with van der Waals surface area (Å²) in [6.45, 7) is 2.56.